The van der Waals surface area contributed by atoms with Gasteiger partial charge in [-0.2, -0.15) is 5.10 Å². The monoisotopic (exact) mass is 397 g/mol. The Labute approximate surface area is 173 Å². The van der Waals surface area contributed by atoms with E-state index in [0.29, 0.717) is 22.5 Å². The maximum Gasteiger partial charge on any atom is 0.255 e. The highest BCUT2D eigenvalue weighted by Gasteiger charge is 2.11. The van der Waals surface area contributed by atoms with Crippen LogP contribution in [0.2, 0.25) is 0 Å². The summed E-state index contributed by atoms with van der Waals surface area (Å²) in [6.45, 7) is 1.90. The third-order valence-corrected chi connectivity index (χ3v) is 4.59. The maximum absolute atomic E-state index is 12.7. The number of amides is 2. The number of carbonyl (C=O) groups is 2. The normalized spacial score (nSPS) is 10.4. The van der Waals surface area contributed by atoms with Crippen LogP contribution in [-0.4, -0.2) is 26.6 Å². The number of benzene rings is 3. The minimum absolute atomic E-state index is 0.208. The second-order valence-corrected chi connectivity index (χ2v) is 6.69. The molecule has 0 aliphatic carbocycles. The number of carbonyl (C=O) groups excluding carboxylic acids is 2. The molecule has 148 valence electrons. The van der Waals surface area contributed by atoms with Crippen molar-refractivity contribution in [2.45, 2.75) is 6.92 Å². The molecular weight excluding hydrogens is 378 g/mol. The Morgan fingerprint density at radius 3 is 2.23 bits per heavy atom. The molecule has 30 heavy (non-hydrogen) atoms. The van der Waals surface area contributed by atoms with E-state index in [4.69, 9.17) is 0 Å². The number of aromatic nitrogens is 3. The first-order valence-electron chi connectivity index (χ1n) is 9.33. The molecule has 0 saturated carbocycles. The van der Waals surface area contributed by atoms with E-state index in [1.807, 2.05) is 31.2 Å². The van der Waals surface area contributed by atoms with E-state index in [1.54, 1.807) is 59.5 Å². The number of nitrogens with zero attached hydrogens (tertiary/aromatic N) is 3. The lowest BCUT2D eigenvalue weighted by atomic mass is 10.1. The predicted molar refractivity (Wildman–Crippen MR) is 115 cm³/mol. The highest BCUT2D eigenvalue weighted by Crippen LogP contribution is 2.22. The summed E-state index contributed by atoms with van der Waals surface area (Å²) in [5.41, 5.74) is 4.01. The van der Waals surface area contributed by atoms with Crippen LogP contribution in [0.5, 0.6) is 0 Å². The Kier molecular flexibility index (Phi) is 5.34. The summed E-state index contributed by atoms with van der Waals surface area (Å²) in [5.74, 6) is -0.449. The molecule has 4 aromatic rings. The van der Waals surface area contributed by atoms with E-state index in [-0.39, 0.29) is 11.8 Å². The summed E-state index contributed by atoms with van der Waals surface area (Å²) in [7, 11) is 0. The van der Waals surface area contributed by atoms with Crippen LogP contribution in [0.1, 0.15) is 26.3 Å². The highest BCUT2D eigenvalue weighted by molar-refractivity contribution is 6.06. The van der Waals surface area contributed by atoms with Crippen molar-refractivity contribution in [3.8, 4) is 5.69 Å². The summed E-state index contributed by atoms with van der Waals surface area (Å²) >= 11 is 0. The molecule has 1 aromatic heterocycles. The zero-order chi connectivity index (χ0) is 20.9. The third-order valence-electron chi connectivity index (χ3n) is 4.59. The lowest BCUT2D eigenvalue weighted by Crippen LogP contribution is -2.15. The molecular formula is C23H19N5O2. The van der Waals surface area contributed by atoms with Gasteiger partial charge in [0.25, 0.3) is 11.8 Å². The smallest absolute Gasteiger partial charge is 0.255 e. The van der Waals surface area contributed by atoms with Crippen molar-refractivity contribution in [1.82, 2.24) is 14.8 Å². The van der Waals surface area contributed by atoms with Gasteiger partial charge in [-0.1, -0.05) is 24.3 Å². The Balaban J connectivity index is 1.48. The molecule has 1 heterocycles. The molecule has 3 aromatic carbocycles. The molecule has 7 nitrogen and oxygen atoms in total. The van der Waals surface area contributed by atoms with Crippen molar-refractivity contribution in [3.05, 3.63) is 102 Å². The summed E-state index contributed by atoms with van der Waals surface area (Å²) in [6, 6.07) is 21.4. The molecule has 0 bridgehead atoms. The first kappa shape index (κ1) is 19.1. The third kappa shape index (κ3) is 4.25. The minimum Gasteiger partial charge on any atom is -0.322 e. The molecule has 0 atom stereocenters. The molecule has 0 unspecified atom stereocenters. The van der Waals surface area contributed by atoms with Gasteiger partial charge < -0.3 is 10.6 Å². The van der Waals surface area contributed by atoms with Crippen LogP contribution in [0.25, 0.3) is 5.69 Å². The van der Waals surface area contributed by atoms with Gasteiger partial charge in [0.1, 0.15) is 12.7 Å². The molecule has 0 radical (unpaired) electrons. The van der Waals surface area contributed by atoms with Crippen LogP contribution in [0.4, 0.5) is 11.4 Å². The largest absolute Gasteiger partial charge is 0.322 e. The van der Waals surface area contributed by atoms with Crippen LogP contribution in [-0.2, 0) is 0 Å². The Hall–Kier alpha value is -4.26. The van der Waals surface area contributed by atoms with E-state index in [2.05, 4.69) is 20.7 Å². The molecule has 0 aliphatic rings. The maximum atomic E-state index is 12.7. The topological polar surface area (TPSA) is 88.9 Å². The van der Waals surface area contributed by atoms with Crippen molar-refractivity contribution < 1.29 is 9.59 Å². The molecule has 0 fully saturated rings. The van der Waals surface area contributed by atoms with Gasteiger partial charge in [0.2, 0.25) is 0 Å². The van der Waals surface area contributed by atoms with Crippen LogP contribution in [0.15, 0.2) is 85.5 Å². The van der Waals surface area contributed by atoms with Crippen LogP contribution in [0, 0.1) is 6.92 Å². The van der Waals surface area contributed by atoms with Crippen molar-refractivity contribution >= 4 is 23.2 Å². The average molecular weight is 397 g/mol. The molecule has 0 aliphatic heterocycles. The Bertz CT molecular complexity index is 1170. The first-order chi connectivity index (χ1) is 14.6. The van der Waals surface area contributed by atoms with Crippen LogP contribution in [0.3, 0.4) is 0 Å². The van der Waals surface area contributed by atoms with E-state index in [0.717, 1.165) is 11.3 Å². The lowest BCUT2D eigenvalue weighted by molar-refractivity contribution is 0.101. The molecule has 0 saturated heterocycles. The van der Waals surface area contributed by atoms with Gasteiger partial charge in [-0.25, -0.2) is 9.67 Å². The van der Waals surface area contributed by atoms with E-state index < -0.39 is 0 Å². The summed E-state index contributed by atoms with van der Waals surface area (Å²) in [4.78, 5) is 29.0. The molecule has 0 spiro atoms. The summed E-state index contributed by atoms with van der Waals surface area (Å²) in [5, 5.41) is 9.83. The predicted octanol–water partition coefficient (Wildman–Crippen LogP) is 4.08. The van der Waals surface area contributed by atoms with Crippen molar-refractivity contribution in [3.63, 3.8) is 0 Å². The minimum atomic E-state index is -0.241. The Morgan fingerprint density at radius 2 is 1.53 bits per heavy atom. The molecule has 4 rings (SSSR count). The first-order valence-corrected chi connectivity index (χ1v) is 9.33. The van der Waals surface area contributed by atoms with Gasteiger partial charge in [-0.15, -0.1) is 0 Å². The summed E-state index contributed by atoms with van der Waals surface area (Å²) in [6.07, 6.45) is 3.04. The zero-order valence-corrected chi connectivity index (χ0v) is 16.2. The van der Waals surface area contributed by atoms with E-state index in [9.17, 15) is 9.59 Å². The van der Waals surface area contributed by atoms with Gasteiger partial charge in [-0.05, 0) is 61.0 Å². The zero-order valence-electron chi connectivity index (χ0n) is 16.2. The van der Waals surface area contributed by atoms with Crippen molar-refractivity contribution in [2.24, 2.45) is 0 Å². The fourth-order valence-corrected chi connectivity index (χ4v) is 2.93. The van der Waals surface area contributed by atoms with Gasteiger partial charge >= 0.3 is 0 Å². The molecule has 2 amide bonds. The van der Waals surface area contributed by atoms with Gasteiger partial charge in [0, 0.05) is 22.5 Å². The second kappa shape index (κ2) is 8.40. The van der Waals surface area contributed by atoms with Gasteiger partial charge in [0.05, 0.1) is 5.69 Å². The number of nitrogens with one attached hydrogen (secondary N) is 2. The van der Waals surface area contributed by atoms with E-state index >= 15 is 0 Å². The number of aryl methyl sites for hydroxylation is 1. The standard InChI is InChI=1S/C23H19N5O2/c1-16-7-10-19(26-22(29)17-5-3-2-4-6-17)13-21(16)27-23(30)18-8-11-20(12-9-18)28-15-24-14-25-28/h2-15H,1H3,(H,26,29)(H,27,30). The number of hydrogen-bond donors (Lipinski definition) is 2. The number of anilines is 2. The summed E-state index contributed by atoms with van der Waals surface area (Å²) < 4.78 is 1.62. The van der Waals surface area contributed by atoms with Gasteiger partial charge in [-0.3, -0.25) is 9.59 Å². The molecule has 2 N–H and O–H groups in total. The van der Waals surface area contributed by atoms with E-state index in [1.165, 1.54) is 6.33 Å². The second-order valence-electron chi connectivity index (χ2n) is 6.69. The van der Waals surface area contributed by atoms with Crippen LogP contribution >= 0.6 is 0 Å². The highest BCUT2D eigenvalue weighted by atomic mass is 16.2. The van der Waals surface area contributed by atoms with Crippen molar-refractivity contribution in [1.29, 1.82) is 0 Å². The molecule has 7 heteroatoms. The van der Waals surface area contributed by atoms with Crippen molar-refractivity contribution in [2.75, 3.05) is 10.6 Å². The average Bonchev–Trinajstić information content (AvgIpc) is 3.32. The fraction of sp³-hybridized carbons (Fsp3) is 0.0435. The number of hydrogen-bond acceptors (Lipinski definition) is 4. The fourth-order valence-electron chi connectivity index (χ4n) is 2.93. The quantitative estimate of drug-likeness (QED) is 0.531. The SMILES string of the molecule is Cc1ccc(NC(=O)c2ccccc2)cc1NC(=O)c1ccc(-n2cncn2)cc1. The lowest BCUT2D eigenvalue weighted by Gasteiger charge is -2.12. The number of rotatable bonds is 5. The van der Waals surface area contributed by atoms with Crippen LogP contribution < -0.4 is 10.6 Å². The van der Waals surface area contributed by atoms with Gasteiger partial charge in [0.15, 0.2) is 0 Å². The Morgan fingerprint density at radius 1 is 0.833 bits per heavy atom.